The summed E-state index contributed by atoms with van der Waals surface area (Å²) in [6.45, 7) is 3.59. The van der Waals surface area contributed by atoms with Crippen LogP contribution in [-0.4, -0.2) is 42.9 Å². The van der Waals surface area contributed by atoms with E-state index >= 15 is 0 Å². The van der Waals surface area contributed by atoms with Crippen molar-refractivity contribution in [1.29, 1.82) is 0 Å². The Kier molecular flexibility index (Phi) is 5.15. The molecule has 0 aliphatic heterocycles. The lowest BCUT2D eigenvalue weighted by molar-refractivity contribution is -0.131. The molecule has 0 spiro atoms. The predicted octanol–water partition coefficient (Wildman–Crippen LogP) is -0.683. The Balaban J connectivity index is 3.99. The zero-order valence-electron chi connectivity index (χ0n) is 9.20. The van der Waals surface area contributed by atoms with Crippen molar-refractivity contribution in [2.45, 2.75) is 32.4 Å². The second-order valence-corrected chi connectivity index (χ2v) is 3.69. The molecule has 2 atom stereocenters. The summed E-state index contributed by atoms with van der Waals surface area (Å²) in [7, 11) is 3.39. The van der Waals surface area contributed by atoms with E-state index in [-0.39, 0.29) is 30.3 Å². The third-order valence-corrected chi connectivity index (χ3v) is 1.85. The van der Waals surface area contributed by atoms with Gasteiger partial charge in [0.25, 0.3) is 0 Å². The standard InChI is InChI=1S/C9H19N3O2/c1-6(5-8(10)13)11-7(2)9(14)12(3)4/h6-7,11H,5H2,1-4H3,(H2,10,13). The molecule has 0 radical (unpaired) electrons. The maximum Gasteiger partial charge on any atom is 0.238 e. The van der Waals surface area contributed by atoms with Crippen LogP contribution in [0, 0.1) is 0 Å². The number of primary amides is 1. The summed E-state index contributed by atoms with van der Waals surface area (Å²) in [5, 5.41) is 3.00. The van der Waals surface area contributed by atoms with Gasteiger partial charge in [0.15, 0.2) is 0 Å². The molecule has 82 valence electrons. The number of hydrogen-bond acceptors (Lipinski definition) is 3. The van der Waals surface area contributed by atoms with E-state index in [1.165, 1.54) is 4.90 Å². The van der Waals surface area contributed by atoms with Crippen LogP contribution in [0.2, 0.25) is 0 Å². The van der Waals surface area contributed by atoms with E-state index in [1.54, 1.807) is 21.0 Å². The number of hydrogen-bond donors (Lipinski definition) is 2. The molecule has 5 nitrogen and oxygen atoms in total. The van der Waals surface area contributed by atoms with Crippen LogP contribution in [0.4, 0.5) is 0 Å². The van der Waals surface area contributed by atoms with Crippen LogP contribution in [-0.2, 0) is 9.59 Å². The van der Waals surface area contributed by atoms with Crippen molar-refractivity contribution < 1.29 is 9.59 Å². The number of likely N-dealkylation sites (N-methyl/N-ethyl adjacent to an activating group) is 1. The zero-order valence-corrected chi connectivity index (χ0v) is 9.20. The highest BCUT2D eigenvalue weighted by molar-refractivity contribution is 5.81. The van der Waals surface area contributed by atoms with Crippen molar-refractivity contribution in [1.82, 2.24) is 10.2 Å². The first-order chi connectivity index (χ1) is 6.34. The molecule has 0 aliphatic rings. The molecule has 14 heavy (non-hydrogen) atoms. The minimum atomic E-state index is -0.366. The van der Waals surface area contributed by atoms with Gasteiger partial charge in [-0.25, -0.2) is 0 Å². The fourth-order valence-corrected chi connectivity index (χ4v) is 1.25. The number of nitrogens with zero attached hydrogens (tertiary/aromatic N) is 1. The number of carbonyl (C=O) groups excluding carboxylic acids is 2. The Hall–Kier alpha value is -1.10. The molecular formula is C9H19N3O2. The van der Waals surface area contributed by atoms with Gasteiger partial charge in [-0.1, -0.05) is 0 Å². The highest BCUT2D eigenvalue weighted by atomic mass is 16.2. The summed E-state index contributed by atoms with van der Waals surface area (Å²) in [4.78, 5) is 23.5. The van der Waals surface area contributed by atoms with Crippen LogP contribution in [0.3, 0.4) is 0 Å². The van der Waals surface area contributed by atoms with Gasteiger partial charge in [-0.05, 0) is 13.8 Å². The first-order valence-corrected chi connectivity index (χ1v) is 4.60. The van der Waals surface area contributed by atoms with Crippen molar-refractivity contribution in [3.8, 4) is 0 Å². The van der Waals surface area contributed by atoms with Gasteiger partial charge in [0.05, 0.1) is 6.04 Å². The van der Waals surface area contributed by atoms with Gasteiger partial charge in [0.2, 0.25) is 11.8 Å². The molecule has 0 aromatic rings. The molecule has 2 amide bonds. The molecular weight excluding hydrogens is 182 g/mol. The quantitative estimate of drug-likeness (QED) is 0.618. The molecule has 0 heterocycles. The Morgan fingerprint density at radius 3 is 2.21 bits per heavy atom. The average Bonchev–Trinajstić information content (AvgIpc) is 2.00. The topological polar surface area (TPSA) is 75.4 Å². The van der Waals surface area contributed by atoms with E-state index < -0.39 is 0 Å². The maximum absolute atomic E-state index is 11.4. The van der Waals surface area contributed by atoms with E-state index in [1.807, 2.05) is 6.92 Å². The van der Waals surface area contributed by atoms with E-state index in [0.717, 1.165) is 0 Å². The van der Waals surface area contributed by atoms with E-state index in [4.69, 9.17) is 5.73 Å². The van der Waals surface area contributed by atoms with Gasteiger partial charge in [-0.2, -0.15) is 0 Å². The van der Waals surface area contributed by atoms with Crippen LogP contribution in [0.5, 0.6) is 0 Å². The van der Waals surface area contributed by atoms with Crippen LogP contribution in [0.1, 0.15) is 20.3 Å². The zero-order chi connectivity index (χ0) is 11.3. The van der Waals surface area contributed by atoms with Crippen LogP contribution in [0.15, 0.2) is 0 Å². The first kappa shape index (κ1) is 12.9. The Morgan fingerprint density at radius 1 is 1.36 bits per heavy atom. The van der Waals surface area contributed by atoms with Crippen molar-refractivity contribution in [3.63, 3.8) is 0 Å². The number of carbonyl (C=O) groups is 2. The minimum absolute atomic E-state index is 0.0127. The van der Waals surface area contributed by atoms with Gasteiger partial charge in [0.1, 0.15) is 0 Å². The third-order valence-electron chi connectivity index (χ3n) is 1.85. The van der Waals surface area contributed by atoms with E-state index in [2.05, 4.69) is 5.32 Å². The second kappa shape index (κ2) is 5.59. The molecule has 3 N–H and O–H groups in total. The fraction of sp³-hybridized carbons (Fsp3) is 0.778. The summed E-state index contributed by atoms with van der Waals surface area (Å²) in [5.41, 5.74) is 5.03. The second-order valence-electron chi connectivity index (χ2n) is 3.69. The number of rotatable bonds is 5. The molecule has 0 aliphatic carbocycles. The number of nitrogens with two attached hydrogens (primary N) is 1. The van der Waals surface area contributed by atoms with Gasteiger partial charge < -0.3 is 16.0 Å². The summed E-state index contributed by atoms with van der Waals surface area (Å²) in [6.07, 6.45) is 0.241. The van der Waals surface area contributed by atoms with Crippen LogP contribution in [0.25, 0.3) is 0 Å². The number of nitrogens with one attached hydrogen (secondary N) is 1. The van der Waals surface area contributed by atoms with Crippen molar-refractivity contribution >= 4 is 11.8 Å². The van der Waals surface area contributed by atoms with Crippen LogP contribution < -0.4 is 11.1 Å². The van der Waals surface area contributed by atoms with E-state index in [9.17, 15) is 9.59 Å². The Morgan fingerprint density at radius 2 is 1.86 bits per heavy atom. The SMILES string of the molecule is CC(CC(N)=O)NC(C)C(=O)N(C)C. The lowest BCUT2D eigenvalue weighted by atomic mass is 10.2. The molecule has 0 aromatic heterocycles. The fourth-order valence-electron chi connectivity index (χ4n) is 1.25. The monoisotopic (exact) mass is 201 g/mol. The normalized spacial score (nSPS) is 14.6. The smallest absolute Gasteiger partial charge is 0.238 e. The van der Waals surface area contributed by atoms with Crippen molar-refractivity contribution in [2.24, 2.45) is 5.73 Å². The molecule has 0 bridgehead atoms. The minimum Gasteiger partial charge on any atom is -0.370 e. The number of amides is 2. The summed E-state index contributed by atoms with van der Waals surface area (Å²) in [6, 6.07) is -0.370. The van der Waals surface area contributed by atoms with E-state index in [0.29, 0.717) is 0 Å². The van der Waals surface area contributed by atoms with Crippen molar-refractivity contribution in [2.75, 3.05) is 14.1 Å². The summed E-state index contributed by atoms with van der Waals surface area (Å²) >= 11 is 0. The average molecular weight is 201 g/mol. The lowest BCUT2D eigenvalue weighted by Gasteiger charge is -2.21. The molecule has 2 unspecified atom stereocenters. The largest absolute Gasteiger partial charge is 0.370 e. The maximum atomic E-state index is 11.4. The molecule has 0 rings (SSSR count). The summed E-state index contributed by atoms with van der Waals surface area (Å²) < 4.78 is 0. The third kappa shape index (κ3) is 4.81. The molecule has 0 saturated carbocycles. The van der Waals surface area contributed by atoms with Gasteiger partial charge in [0, 0.05) is 26.6 Å². The molecule has 0 fully saturated rings. The van der Waals surface area contributed by atoms with Gasteiger partial charge >= 0.3 is 0 Å². The Bertz CT molecular complexity index is 216. The predicted molar refractivity (Wildman–Crippen MR) is 54.6 cm³/mol. The molecule has 0 aromatic carbocycles. The highest BCUT2D eigenvalue weighted by Gasteiger charge is 2.17. The van der Waals surface area contributed by atoms with Crippen LogP contribution >= 0.6 is 0 Å². The molecule has 5 heteroatoms. The van der Waals surface area contributed by atoms with Gasteiger partial charge in [-0.15, -0.1) is 0 Å². The Labute approximate surface area is 84.6 Å². The first-order valence-electron chi connectivity index (χ1n) is 4.60. The van der Waals surface area contributed by atoms with Gasteiger partial charge in [-0.3, -0.25) is 9.59 Å². The van der Waals surface area contributed by atoms with Crippen molar-refractivity contribution in [3.05, 3.63) is 0 Å². The highest BCUT2D eigenvalue weighted by Crippen LogP contribution is 1.95. The lowest BCUT2D eigenvalue weighted by Crippen LogP contribution is -2.46. The molecule has 0 saturated heterocycles. The summed E-state index contributed by atoms with van der Waals surface area (Å²) in [5.74, 6) is -0.379.